The molecule has 0 radical (unpaired) electrons. The molecule has 0 aromatic heterocycles. The van der Waals surface area contributed by atoms with Crippen LogP contribution in [0.1, 0.15) is 23.7 Å². The predicted octanol–water partition coefficient (Wildman–Crippen LogP) is 1.02. The number of carbonyl (C=O) groups is 1. The lowest BCUT2D eigenvalue weighted by Crippen LogP contribution is -2.42. The lowest BCUT2D eigenvalue weighted by atomic mass is 10.2. The van der Waals surface area contributed by atoms with Crippen molar-refractivity contribution in [3.8, 4) is 5.75 Å². The second kappa shape index (κ2) is 12.2. The number of aliphatic imine (C=N–C) groups is 1. The smallest absolute Gasteiger partial charge is 0.251 e. The molecule has 0 spiro atoms. The van der Waals surface area contributed by atoms with Crippen molar-refractivity contribution in [2.24, 2.45) is 4.99 Å². The summed E-state index contributed by atoms with van der Waals surface area (Å²) in [6, 6.07) is 7.06. The van der Waals surface area contributed by atoms with Gasteiger partial charge in [0.25, 0.3) is 5.91 Å². The van der Waals surface area contributed by atoms with Crippen molar-refractivity contribution in [1.29, 1.82) is 0 Å². The van der Waals surface area contributed by atoms with E-state index < -0.39 is 0 Å². The number of methoxy groups -OCH3 is 1. The van der Waals surface area contributed by atoms with E-state index in [1.165, 1.54) is 0 Å². The molecule has 1 rings (SSSR count). The normalized spacial score (nSPS) is 11.0. The molecule has 1 aromatic carbocycles. The van der Waals surface area contributed by atoms with Crippen LogP contribution in [-0.2, 0) is 4.74 Å². The number of nitrogens with one attached hydrogen (secondary N) is 3. The van der Waals surface area contributed by atoms with Crippen molar-refractivity contribution in [3.63, 3.8) is 0 Å². The summed E-state index contributed by atoms with van der Waals surface area (Å²) in [6.45, 7) is 5.32. The van der Waals surface area contributed by atoms with Crippen LogP contribution in [0.4, 0.5) is 0 Å². The zero-order valence-electron chi connectivity index (χ0n) is 14.7. The summed E-state index contributed by atoms with van der Waals surface area (Å²) in [5.41, 5.74) is 0.577. The monoisotopic (exact) mass is 336 g/mol. The summed E-state index contributed by atoms with van der Waals surface area (Å²) in [5.74, 6) is 1.25. The fourth-order valence-corrected chi connectivity index (χ4v) is 1.97. The van der Waals surface area contributed by atoms with Gasteiger partial charge in [-0.3, -0.25) is 9.79 Å². The highest BCUT2D eigenvalue weighted by atomic mass is 16.5. The Kier molecular flexibility index (Phi) is 10.0. The molecular formula is C17H28N4O3. The molecule has 0 fully saturated rings. The molecule has 7 nitrogen and oxygen atoms in total. The number of hydrogen-bond acceptors (Lipinski definition) is 4. The van der Waals surface area contributed by atoms with Crippen LogP contribution in [0.25, 0.3) is 0 Å². The van der Waals surface area contributed by atoms with Crippen LogP contribution in [0.5, 0.6) is 5.75 Å². The maximum Gasteiger partial charge on any atom is 0.251 e. The Morgan fingerprint density at radius 1 is 1.17 bits per heavy atom. The first-order chi connectivity index (χ1) is 11.7. The van der Waals surface area contributed by atoms with Crippen LogP contribution in [0.2, 0.25) is 0 Å². The maximum atomic E-state index is 12.0. The molecule has 7 heteroatoms. The molecule has 0 aliphatic heterocycles. The third kappa shape index (κ3) is 7.82. The van der Waals surface area contributed by atoms with Gasteiger partial charge in [0, 0.05) is 45.5 Å². The lowest BCUT2D eigenvalue weighted by Gasteiger charge is -2.12. The molecule has 0 saturated carbocycles. The van der Waals surface area contributed by atoms with Crippen LogP contribution in [-0.4, -0.2) is 58.9 Å². The highest BCUT2D eigenvalue weighted by Gasteiger charge is 2.05. The van der Waals surface area contributed by atoms with Crippen molar-refractivity contribution in [2.75, 3.05) is 47.0 Å². The van der Waals surface area contributed by atoms with Gasteiger partial charge in [0.15, 0.2) is 5.96 Å². The van der Waals surface area contributed by atoms with E-state index in [4.69, 9.17) is 9.47 Å². The highest BCUT2D eigenvalue weighted by molar-refractivity contribution is 5.94. The minimum atomic E-state index is -0.129. The lowest BCUT2D eigenvalue weighted by molar-refractivity contribution is 0.0954. The van der Waals surface area contributed by atoms with Gasteiger partial charge in [0.05, 0.1) is 7.11 Å². The number of ether oxygens (including phenoxy) is 2. The third-order valence-corrected chi connectivity index (χ3v) is 3.22. The number of rotatable bonds is 10. The predicted molar refractivity (Wildman–Crippen MR) is 95.8 cm³/mol. The molecule has 0 heterocycles. The summed E-state index contributed by atoms with van der Waals surface area (Å²) in [7, 11) is 3.29. The van der Waals surface area contributed by atoms with Gasteiger partial charge in [-0.2, -0.15) is 0 Å². The van der Waals surface area contributed by atoms with E-state index in [9.17, 15) is 4.79 Å². The molecule has 0 unspecified atom stereocenters. The number of carbonyl (C=O) groups excluding carboxylic acids is 1. The molecule has 0 bridgehead atoms. The quantitative estimate of drug-likeness (QED) is 0.337. The molecule has 3 N–H and O–H groups in total. The zero-order chi connectivity index (χ0) is 17.6. The van der Waals surface area contributed by atoms with Gasteiger partial charge < -0.3 is 25.4 Å². The Labute approximate surface area is 143 Å². The number of amides is 1. The average Bonchev–Trinajstić information content (AvgIpc) is 2.63. The van der Waals surface area contributed by atoms with Gasteiger partial charge in [-0.1, -0.05) is 6.07 Å². The van der Waals surface area contributed by atoms with E-state index in [-0.39, 0.29) is 5.91 Å². The van der Waals surface area contributed by atoms with Crippen LogP contribution in [0.3, 0.4) is 0 Å². The minimum Gasteiger partial charge on any atom is -0.497 e. The fraction of sp³-hybridized carbons (Fsp3) is 0.529. The SMILES string of the molecule is CCOCCCNC(=NC)NCCNC(=O)c1cccc(OC)c1. The molecule has 1 aromatic rings. The summed E-state index contributed by atoms with van der Waals surface area (Å²) in [5, 5.41) is 9.20. The van der Waals surface area contributed by atoms with Crippen molar-refractivity contribution < 1.29 is 14.3 Å². The van der Waals surface area contributed by atoms with Crippen LogP contribution >= 0.6 is 0 Å². The van der Waals surface area contributed by atoms with E-state index in [1.54, 1.807) is 38.4 Å². The first-order valence-electron chi connectivity index (χ1n) is 8.15. The minimum absolute atomic E-state index is 0.129. The maximum absolute atomic E-state index is 12.0. The molecule has 0 saturated heterocycles. The van der Waals surface area contributed by atoms with Crippen molar-refractivity contribution >= 4 is 11.9 Å². The van der Waals surface area contributed by atoms with Gasteiger partial charge in [-0.05, 0) is 31.5 Å². The average molecular weight is 336 g/mol. The number of benzene rings is 1. The Morgan fingerprint density at radius 2 is 1.92 bits per heavy atom. The molecule has 0 aliphatic carbocycles. The summed E-state index contributed by atoms with van der Waals surface area (Å²) in [6.07, 6.45) is 0.918. The van der Waals surface area contributed by atoms with Gasteiger partial charge in [-0.25, -0.2) is 0 Å². The zero-order valence-corrected chi connectivity index (χ0v) is 14.7. The largest absolute Gasteiger partial charge is 0.497 e. The molecule has 24 heavy (non-hydrogen) atoms. The second-order valence-corrected chi connectivity index (χ2v) is 4.96. The summed E-state index contributed by atoms with van der Waals surface area (Å²) < 4.78 is 10.4. The number of hydrogen-bond donors (Lipinski definition) is 3. The molecular weight excluding hydrogens is 308 g/mol. The Balaban J connectivity index is 2.22. The van der Waals surface area contributed by atoms with Crippen LogP contribution < -0.4 is 20.7 Å². The standard InChI is InChI=1S/C17H28N4O3/c1-4-24-12-6-9-20-17(18-2)21-11-10-19-16(22)14-7-5-8-15(13-14)23-3/h5,7-8,13H,4,6,9-12H2,1-3H3,(H,19,22)(H2,18,20,21). The van der Waals surface area contributed by atoms with E-state index in [0.717, 1.165) is 26.2 Å². The van der Waals surface area contributed by atoms with Crippen LogP contribution in [0, 0.1) is 0 Å². The van der Waals surface area contributed by atoms with E-state index in [1.807, 2.05) is 6.92 Å². The van der Waals surface area contributed by atoms with Gasteiger partial charge in [0.2, 0.25) is 0 Å². The topological polar surface area (TPSA) is 84.0 Å². The van der Waals surface area contributed by atoms with Crippen LogP contribution in [0.15, 0.2) is 29.3 Å². The van der Waals surface area contributed by atoms with Crippen molar-refractivity contribution in [1.82, 2.24) is 16.0 Å². The highest BCUT2D eigenvalue weighted by Crippen LogP contribution is 2.11. The van der Waals surface area contributed by atoms with Gasteiger partial charge in [-0.15, -0.1) is 0 Å². The van der Waals surface area contributed by atoms with E-state index in [0.29, 0.717) is 30.4 Å². The van der Waals surface area contributed by atoms with Crippen molar-refractivity contribution in [2.45, 2.75) is 13.3 Å². The second-order valence-electron chi connectivity index (χ2n) is 4.96. The van der Waals surface area contributed by atoms with Crippen molar-refractivity contribution in [3.05, 3.63) is 29.8 Å². The molecule has 1 amide bonds. The first-order valence-corrected chi connectivity index (χ1v) is 8.15. The Morgan fingerprint density at radius 3 is 2.62 bits per heavy atom. The molecule has 0 aliphatic rings. The van der Waals surface area contributed by atoms with Gasteiger partial charge in [0.1, 0.15) is 5.75 Å². The molecule has 0 atom stereocenters. The number of nitrogens with zero attached hydrogens (tertiary/aromatic N) is 1. The summed E-state index contributed by atoms with van der Waals surface area (Å²) >= 11 is 0. The molecule has 134 valence electrons. The van der Waals surface area contributed by atoms with E-state index in [2.05, 4.69) is 20.9 Å². The Hall–Kier alpha value is -2.28. The Bertz CT molecular complexity index is 520. The van der Waals surface area contributed by atoms with E-state index >= 15 is 0 Å². The fourth-order valence-electron chi connectivity index (χ4n) is 1.97. The first kappa shape index (κ1) is 19.8. The third-order valence-electron chi connectivity index (χ3n) is 3.22. The number of guanidine groups is 1. The summed E-state index contributed by atoms with van der Waals surface area (Å²) in [4.78, 5) is 16.2. The van der Waals surface area contributed by atoms with Gasteiger partial charge >= 0.3 is 0 Å².